The number of benzene rings is 1. The number of methoxy groups -OCH3 is 1. The molecule has 0 amide bonds. The maximum absolute atomic E-state index is 11.6. The van der Waals surface area contributed by atoms with Crippen LogP contribution in [-0.4, -0.2) is 40.4 Å². The number of aliphatic hydroxyl groups is 1. The van der Waals surface area contributed by atoms with Crippen molar-refractivity contribution in [1.29, 1.82) is 0 Å². The van der Waals surface area contributed by atoms with E-state index in [-0.39, 0.29) is 5.97 Å². The van der Waals surface area contributed by atoms with Gasteiger partial charge in [-0.15, -0.1) is 11.3 Å². The molecule has 0 aliphatic rings. The van der Waals surface area contributed by atoms with Crippen LogP contribution >= 0.6 is 11.3 Å². The van der Waals surface area contributed by atoms with Crippen LogP contribution in [0.3, 0.4) is 0 Å². The number of nitrogens with one attached hydrogen (secondary N) is 1. The molecule has 0 spiro atoms. The highest BCUT2D eigenvalue weighted by molar-refractivity contribution is 7.13. The topological polar surface area (TPSA) is 76.4 Å². The van der Waals surface area contributed by atoms with E-state index in [9.17, 15) is 9.90 Å². The zero-order chi connectivity index (χ0) is 17.1. The lowest BCUT2D eigenvalue weighted by atomic mass is 10.3. The summed E-state index contributed by atoms with van der Waals surface area (Å²) in [6, 6.07) is 11.6. The van der Waals surface area contributed by atoms with Crippen molar-refractivity contribution in [2.45, 2.75) is 19.6 Å². The average Bonchev–Trinajstić information content (AvgIpc) is 3.18. The molecule has 0 aliphatic heterocycles. The molecule has 0 saturated heterocycles. The predicted molar refractivity (Wildman–Crippen MR) is 94.7 cm³/mol. The van der Waals surface area contributed by atoms with E-state index in [0.29, 0.717) is 23.9 Å². The number of fused-ring (bicyclic) bond motifs is 1. The van der Waals surface area contributed by atoms with Crippen molar-refractivity contribution >= 4 is 34.3 Å². The quantitative estimate of drug-likeness (QED) is 0.672. The monoisotopic (exact) mass is 345 g/mol. The number of carbonyl (C=O) groups is 1. The van der Waals surface area contributed by atoms with Crippen molar-refractivity contribution in [3.63, 3.8) is 0 Å². The summed E-state index contributed by atoms with van der Waals surface area (Å²) in [5, 5.41) is 12.7. The fraction of sp³-hybridized carbons (Fsp3) is 0.294. The molecule has 2 aromatic heterocycles. The highest BCUT2D eigenvalue weighted by Gasteiger charge is 2.14. The van der Waals surface area contributed by atoms with E-state index in [2.05, 4.69) is 10.3 Å². The van der Waals surface area contributed by atoms with Crippen LogP contribution in [0.1, 0.15) is 21.5 Å². The fourth-order valence-electron chi connectivity index (χ4n) is 2.44. The third-order valence-electron chi connectivity index (χ3n) is 3.57. The van der Waals surface area contributed by atoms with Gasteiger partial charge in [0.05, 0.1) is 30.8 Å². The van der Waals surface area contributed by atoms with Gasteiger partial charge in [-0.3, -0.25) is 0 Å². The van der Waals surface area contributed by atoms with Crippen LogP contribution in [0.4, 0.5) is 5.95 Å². The molecule has 0 unspecified atom stereocenters. The minimum Gasteiger partial charge on any atom is -0.465 e. The maximum Gasteiger partial charge on any atom is 0.348 e. The van der Waals surface area contributed by atoms with Crippen LogP contribution in [0, 0.1) is 0 Å². The first-order chi connectivity index (χ1) is 11.6. The van der Waals surface area contributed by atoms with Crippen LogP contribution in [-0.2, 0) is 11.3 Å². The molecule has 3 aromatic rings. The van der Waals surface area contributed by atoms with E-state index in [4.69, 9.17) is 4.74 Å². The fourth-order valence-corrected chi connectivity index (χ4v) is 3.35. The molecule has 2 heterocycles. The summed E-state index contributed by atoms with van der Waals surface area (Å²) in [5.74, 6) is 0.374. The van der Waals surface area contributed by atoms with E-state index in [1.54, 1.807) is 13.0 Å². The Labute approximate surface area is 143 Å². The maximum atomic E-state index is 11.6. The van der Waals surface area contributed by atoms with Gasteiger partial charge in [-0.2, -0.15) is 0 Å². The predicted octanol–water partition coefficient (Wildman–Crippen LogP) is 2.73. The number of hydrogen-bond donors (Lipinski definition) is 2. The summed E-state index contributed by atoms with van der Waals surface area (Å²) in [4.78, 5) is 17.8. The third-order valence-corrected chi connectivity index (χ3v) is 4.62. The van der Waals surface area contributed by atoms with Gasteiger partial charge >= 0.3 is 5.97 Å². The van der Waals surface area contributed by atoms with Crippen LogP contribution in [0.25, 0.3) is 11.0 Å². The summed E-state index contributed by atoms with van der Waals surface area (Å²) in [6.07, 6.45) is -0.467. The van der Waals surface area contributed by atoms with Crippen LogP contribution in [0.2, 0.25) is 0 Å². The molecule has 3 rings (SSSR count). The number of nitrogens with zero attached hydrogens (tertiary/aromatic N) is 2. The number of imidazole rings is 1. The Balaban J connectivity index is 1.93. The Morgan fingerprint density at radius 3 is 2.92 bits per heavy atom. The van der Waals surface area contributed by atoms with E-state index in [0.717, 1.165) is 15.9 Å². The van der Waals surface area contributed by atoms with Gasteiger partial charge in [0.2, 0.25) is 5.95 Å². The average molecular weight is 345 g/mol. The first kappa shape index (κ1) is 16.5. The zero-order valence-electron chi connectivity index (χ0n) is 13.5. The number of para-hydroxylation sites is 2. The molecule has 1 aromatic carbocycles. The Bertz CT molecular complexity index is 854. The van der Waals surface area contributed by atoms with Gasteiger partial charge < -0.3 is 19.7 Å². The Kier molecular flexibility index (Phi) is 4.82. The normalized spacial score (nSPS) is 12.3. The molecular formula is C17H19N3O3S. The van der Waals surface area contributed by atoms with Crippen molar-refractivity contribution in [2.75, 3.05) is 19.0 Å². The molecular weight excluding hydrogens is 326 g/mol. The highest BCUT2D eigenvalue weighted by Crippen LogP contribution is 2.24. The summed E-state index contributed by atoms with van der Waals surface area (Å²) in [6.45, 7) is 2.73. The number of esters is 1. The van der Waals surface area contributed by atoms with E-state index < -0.39 is 6.10 Å². The second-order valence-electron chi connectivity index (χ2n) is 5.50. The van der Waals surface area contributed by atoms with Gasteiger partial charge in [0, 0.05) is 11.4 Å². The minimum atomic E-state index is -0.467. The number of carbonyl (C=O) groups excluding carboxylic acids is 1. The zero-order valence-corrected chi connectivity index (χ0v) is 14.3. The molecule has 0 fully saturated rings. The molecule has 24 heavy (non-hydrogen) atoms. The van der Waals surface area contributed by atoms with Crippen LogP contribution < -0.4 is 5.32 Å². The van der Waals surface area contributed by atoms with Gasteiger partial charge in [0.25, 0.3) is 0 Å². The molecule has 7 heteroatoms. The second-order valence-corrected chi connectivity index (χ2v) is 6.67. The van der Waals surface area contributed by atoms with Crippen molar-refractivity contribution in [3.05, 3.63) is 46.2 Å². The Morgan fingerprint density at radius 2 is 2.17 bits per heavy atom. The van der Waals surface area contributed by atoms with E-state index in [1.807, 2.05) is 34.9 Å². The van der Waals surface area contributed by atoms with Gasteiger partial charge in [-0.05, 0) is 31.2 Å². The SMILES string of the molecule is COC(=O)c1ccc(Cn2c(NC[C@@H](C)O)nc3ccccc32)s1. The summed E-state index contributed by atoms with van der Waals surface area (Å²) >= 11 is 1.41. The summed E-state index contributed by atoms with van der Waals surface area (Å²) in [5.41, 5.74) is 1.88. The molecule has 2 N–H and O–H groups in total. The summed E-state index contributed by atoms with van der Waals surface area (Å²) < 4.78 is 6.80. The molecule has 0 bridgehead atoms. The first-order valence-electron chi connectivity index (χ1n) is 7.62. The number of hydrogen-bond acceptors (Lipinski definition) is 6. The van der Waals surface area contributed by atoms with Gasteiger partial charge in [0.15, 0.2) is 0 Å². The smallest absolute Gasteiger partial charge is 0.348 e. The number of anilines is 1. The van der Waals surface area contributed by atoms with Crippen molar-refractivity contribution in [2.24, 2.45) is 0 Å². The molecule has 6 nitrogen and oxygen atoms in total. The van der Waals surface area contributed by atoms with Crippen molar-refractivity contribution in [3.8, 4) is 0 Å². The summed E-state index contributed by atoms with van der Waals surface area (Å²) in [7, 11) is 1.38. The van der Waals surface area contributed by atoms with Gasteiger partial charge in [-0.25, -0.2) is 9.78 Å². The van der Waals surface area contributed by atoms with E-state index >= 15 is 0 Å². The lowest BCUT2D eigenvalue weighted by molar-refractivity contribution is 0.0606. The Hall–Kier alpha value is -2.38. The second kappa shape index (κ2) is 7.02. The molecule has 0 aliphatic carbocycles. The molecule has 0 radical (unpaired) electrons. The number of aliphatic hydroxyl groups excluding tert-OH is 1. The highest BCUT2D eigenvalue weighted by atomic mass is 32.1. The minimum absolute atomic E-state index is 0.325. The lowest BCUT2D eigenvalue weighted by Gasteiger charge is -2.11. The number of ether oxygens (including phenoxy) is 1. The standard InChI is InChI=1S/C17H19N3O3S/c1-11(21)9-18-17-19-13-5-3-4-6-14(13)20(17)10-12-7-8-15(24-12)16(22)23-2/h3-8,11,21H,9-10H2,1-2H3,(H,18,19)/t11-/m1/s1. The lowest BCUT2D eigenvalue weighted by Crippen LogP contribution is -2.18. The molecule has 126 valence electrons. The third kappa shape index (κ3) is 3.42. The molecule has 0 saturated carbocycles. The molecule has 1 atom stereocenters. The first-order valence-corrected chi connectivity index (χ1v) is 8.44. The van der Waals surface area contributed by atoms with Crippen LogP contribution in [0.5, 0.6) is 0 Å². The number of rotatable bonds is 6. The number of aromatic nitrogens is 2. The van der Waals surface area contributed by atoms with Gasteiger partial charge in [-0.1, -0.05) is 12.1 Å². The Morgan fingerprint density at radius 1 is 1.38 bits per heavy atom. The van der Waals surface area contributed by atoms with Crippen molar-refractivity contribution < 1.29 is 14.6 Å². The van der Waals surface area contributed by atoms with E-state index in [1.165, 1.54) is 18.4 Å². The van der Waals surface area contributed by atoms with Crippen LogP contribution in [0.15, 0.2) is 36.4 Å². The number of thiophene rings is 1. The van der Waals surface area contributed by atoms with Crippen molar-refractivity contribution in [1.82, 2.24) is 9.55 Å². The van der Waals surface area contributed by atoms with Gasteiger partial charge in [0.1, 0.15) is 4.88 Å². The largest absolute Gasteiger partial charge is 0.465 e.